The van der Waals surface area contributed by atoms with E-state index in [9.17, 15) is 14.7 Å². The first-order chi connectivity index (χ1) is 22.0. The molecule has 1 aromatic carbocycles. The Bertz CT molecular complexity index is 1790. The molecule has 3 aliphatic rings. The van der Waals surface area contributed by atoms with Gasteiger partial charge in [-0.05, 0) is 49.1 Å². The third kappa shape index (κ3) is 6.23. The zero-order chi connectivity index (χ0) is 30.8. The van der Waals surface area contributed by atoms with Gasteiger partial charge in [0.05, 0.1) is 17.2 Å². The van der Waals surface area contributed by atoms with E-state index in [1.807, 2.05) is 63.4 Å². The minimum absolute atomic E-state index is 0.0539. The molecule has 2 atom stereocenters. The maximum absolute atomic E-state index is 14.1. The van der Waals surface area contributed by atoms with Crippen LogP contribution >= 0.6 is 11.3 Å². The van der Waals surface area contributed by atoms with Gasteiger partial charge < -0.3 is 19.8 Å². The zero-order valence-electron chi connectivity index (χ0n) is 24.9. The highest BCUT2D eigenvalue weighted by molar-refractivity contribution is 7.16. The Kier molecular flexibility index (Phi) is 8.12. The van der Waals surface area contributed by atoms with E-state index < -0.39 is 5.60 Å². The molecule has 0 aliphatic carbocycles. The van der Waals surface area contributed by atoms with Gasteiger partial charge in [0, 0.05) is 74.9 Å². The number of piperidine rings is 2. The number of hydrogen-bond donors (Lipinski definition) is 1. The van der Waals surface area contributed by atoms with Crippen molar-refractivity contribution in [2.75, 3.05) is 39.4 Å². The van der Waals surface area contributed by atoms with Gasteiger partial charge in [-0.2, -0.15) is 0 Å². The molecule has 2 amide bonds. The van der Waals surface area contributed by atoms with Gasteiger partial charge in [-0.25, -0.2) is 4.98 Å². The Morgan fingerprint density at radius 1 is 0.933 bits per heavy atom. The van der Waals surface area contributed by atoms with Gasteiger partial charge in [-0.1, -0.05) is 30.3 Å². The molecule has 2 saturated heterocycles. The number of hydrogen-bond acceptors (Lipinski definition) is 9. The quantitative estimate of drug-likeness (QED) is 0.352. The molecular formula is C34H35N7O3S. The normalized spacial score (nSPS) is 21.0. The minimum Gasteiger partial charge on any atom is -0.388 e. The second-order valence-corrected chi connectivity index (χ2v) is 13.1. The fourth-order valence-electron chi connectivity index (χ4n) is 6.66. The van der Waals surface area contributed by atoms with E-state index in [1.54, 1.807) is 24.8 Å². The molecule has 0 unspecified atom stereocenters. The first kappa shape index (κ1) is 29.2. The van der Waals surface area contributed by atoms with Crippen molar-refractivity contribution in [3.8, 4) is 10.6 Å². The fraction of sp³-hybridized carbons (Fsp3) is 0.353. The average molecular weight is 622 g/mol. The summed E-state index contributed by atoms with van der Waals surface area (Å²) >= 11 is 1.38. The molecule has 45 heavy (non-hydrogen) atoms. The molecule has 0 spiro atoms. The number of rotatable bonds is 6. The lowest BCUT2D eigenvalue weighted by Gasteiger charge is -2.44. The zero-order valence-corrected chi connectivity index (χ0v) is 25.7. The van der Waals surface area contributed by atoms with E-state index in [0.29, 0.717) is 63.5 Å². The molecule has 3 aliphatic heterocycles. The Labute approximate surface area is 265 Å². The van der Waals surface area contributed by atoms with Gasteiger partial charge in [0.1, 0.15) is 21.9 Å². The highest BCUT2D eigenvalue weighted by atomic mass is 32.1. The van der Waals surface area contributed by atoms with E-state index in [1.165, 1.54) is 11.3 Å². The Balaban J connectivity index is 1.02. The van der Waals surface area contributed by atoms with Gasteiger partial charge in [-0.15, -0.1) is 11.3 Å². The van der Waals surface area contributed by atoms with E-state index in [4.69, 9.17) is 0 Å². The third-order valence-corrected chi connectivity index (χ3v) is 10.2. The highest BCUT2D eigenvalue weighted by Gasteiger charge is 2.42. The lowest BCUT2D eigenvalue weighted by molar-refractivity contribution is -0.142. The first-order valence-electron chi connectivity index (χ1n) is 15.4. The van der Waals surface area contributed by atoms with Crippen LogP contribution in [0.5, 0.6) is 0 Å². The number of carbonyl (C=O) groups is 2. The Hall–Kier alpha value is -4.48. The number of thiazole rings is 1. The highest BCUT2D eigenvalue weighted by Crippen LogP contribution is 2.36. The second kappa shape index (κ2) is 12.5. The molecule has 0 bridgehead atoms. The maximum atomic E-state index is 14.1. The van der Waals surface area contributed by atoms with Gasteiger partial charge in [0.2, 0.25) is 5.91 Å². The van der Waals surface area contributed by atoms with Crippen molar-refractivity contribution in [1.82, 2.24) is 29.7 Å². The van der Waals surface area contributed by atoms with Crippen molar-refractivity contribution in [2.24, 2.45) is 10.9 Å². The third-order valence-electron chi connectivity index (χ3n) is 9.14. The SMILES string of the molecule is O=C(c1cnc(-c2ccncc2)s1)N1CC[C@@H](C(=O)N2CCC(O)(CN3C=c4ncccc4=NC3)CC2)[C@H](c2ccccc2)C1. The summed E-state index contributed by atoms with van der Waals surface area (Å²) in [7, 11) is 0. The van der Waals surface area contributed by atoms with Crippen molar-refractivity contribution in [2.45, 2.75) is 30.8 Å². The topological polar surface area (TPSA) is 115 Å². The summed E-state index contributed by atoms with van der Waals surface area (Å²) in [5, 5.41) is 13.9. The van der Waals surface area contributed by atoms with Crippen molar-refractivity contribution in [3.63, 3.8) is 0 Å². The van der Waals surface area contributed by atoms with Crippen molar-refractivity contribution in [1.29, 1.82) is 0 Å². The first-order valence-corrected chi connectivity index (χ1v) is 16.2. The summed E-state index contributed by atoms with van der Waals surface area (Å²) in [6.07, 6.45) is 10.4. The summed E-state index contributed by atoms with van der Waals surface area (Å²) in [6, 6.07) is 17.6. The number of carbonyl (C=O) groups excluding carboxylic acids is 2. The maximum Gasteiger partial charge on any atom is 0.265 e. The van der Waals surface area contributed by atoms with Crippen LogP contribution in [0.2, 0.25) is 0 Å². The summed E-state index contributed by atoms with van der Waals surface area (Å²) in [6.45, 7) is 2.88. The molecule has 10 nitrogen and oxygen atoms in total. The fourth-order valence-corrected chi connectivity index (χ4v) is 7.55. The largest absolute Gasteiger partial charge is 0.388 e. The number of β-amino-alcohol motifs (C(OH)–C–C–N with tert-alkyl or cyclic N) is 1. The average Bonchev–Trinajstić information content (AvgIpc) is 3.59. The molecule has 11 heteroatoms. The van der Waals surface area contributed by atoms with Gasteiger partial charge in [-0.3, -0.25) is 24.5 Å². The van der Waals surface area contributed by atoms with Crippen LogP contribution in [-0.4, -0.2) is 91.6 Å². The monoisotopic (exact) mass is 621 g/mol. The Morgan fingerprint density at radius 3 is 2.53 bits per heavy atom. The van der Waals surface area contributed by atoms with E-state index in [0.717, 1.165) is 26.8 Å². The number of benzene rings is 1. The van der Waals surface area contributed by atoms with Gasteiger partial charge in [0.25, 0.3) is 5.91 Å². The second-order valence-electron chi connectivity index (χ2n) is 12.1. The van der Waals surface area contributed by atoms with Crippen LogP contribution in [0.3, 0.4) is 0 Å². The van der Waals surface area contributed by atoms with E-state index in [-0.39, 0.29) is 23.7 Å². The smallest absolute Gasteiger partial charge is 0.265 e. The van der Waals surface area contributed by atoms with E-state index >= 15 is 0 Å². The number of aliphatic hydroxyl groups is 1. The molecule has 3 aromatic heterocycles. The number of nitrogens with zero attached hydrogens (tertiary/aromatic N) is 7. The molecule has 2 fully saturated rings. The summed E-state index contributed by atoms with van der Waals surface area (Å²) in [5.41, 5.74) is 1.08. The summed E-state index contributed by atoms with van der Waals surface area (Å²) < 4.78 is 0. The van der Waals surface area contributed by atoms with E-state index in [2.05, 4.69) is 32.1 Å². The van der Waals surface area contributed by atoms with Crippen LogP contribution < -0.4 is 10.7 Å². The van der Waals surface area contributed by atoms with Gasteiger partial charge >= 0.3 is 0 Å². The van der Waals surface area contributed by atoms with Crippen molar-refractivity contribution < 1.29 is 14.7 Å². The number of likely N-dealkylation sites (tertiary alicyclic amines) is 2. The lowest BCUT2D eigenvalue weighted by Crippen LogP contribution is -2.55. The standard InChI is InChI=1S/C34H35N7O3S/c42-32(40-17-11-34(44,12-18-40)22-39-21-29-28(38-23-39)7-4-13-36-29)26-10-16-41(20-27(26)24-5-2-1-3-6-24)33(43)30-19-37-31(45-30)25-8-14-35-15-9-25/h1-9,13-15,19,21,26-27,44H,10-12,16-18,20,22-23H2/t26-,27+/m1/s1. The molecule has 0 radical (unpaired) electrons. The number of pyridine rings is 2. The minimum atomic E-state index is -0.909. The molecule has 6 heterocycles. The molecule has 230 valence electrons. The van der Waals surface area contributed by atoms with Crippen LogP contribution in [0, 0.1) is 5.92 Å². The summed E-state index contributed by atoms with van der Waals surface area (Å²) in [5.74, 6) is -0.314. The summed E-state index contributed by atoms with van der Waals surface area (Å²) in [4.78, 5) is 51.6. The number of fused-ring (bicyclic) bond motifs is 1. The van der Waals surface area contributed by atoms with Crippen molar-refractivity contribution in [3.05, 3.63) is 101 Å². The number of aromatic nitrogens is 3. The van der Waals surface area contributed by atoms with Crippen LogP contribution in [0.15, 0.2) is 84.4 Å². The van der Waals surface area contributed by atoms with Crippen LogP contribution in [0.1, 0.15) is 40.4 Å². The predicted octanol–water partition coefficient (Wildman–Crippen LogP) is 2.53. The van der Waals surface area contributed by atoms with Crippen LogP contribution in [-0.2, 0) is 4.79 Å². The van der Waals surface area contributed by atoms with Crippen LogP contribution in [0.4, 0.5) is 0 Å². The van der Waals surface area contributed by atoms with Crippen molar-refractivity contribution >= 4 is 29.4 Å². The molecule has 0 saturated carbocycles. The molecule has 1 N–H and O–H groups in total. The molecular weight excluding hydrogens is 586 g/mol. The molecule has 4 aromatic rings. The molecule has 7 rings (SSSR count). The lowest BCUT2D eigenvalue weighted by atomic mass is 9.79. The van der Waals surface area contributed by atoms with Gasteiger partial charge in [0.15, 0.2) is 0 Å². The number of amides is 2. The Morgan fingerprint density at radius 2 is 1.73 bits per heavy atom. The predicted molar refractivity (Wildman–Crippen MR) is 170 cm³/mol. The van der Waals surface area contributed by atoms with Crippen LogP contribution in [0.25, 0.3) is 16.8 Å².